The Morgan fingerprint density at radius 3 is 1.77 bits per heavy atom. The van der Waals surface area contributed by atoms with Crippen molar-refractivity contribution in [3.05, 3.63) is 80.1 Å². The molecule has 0 fully saturated rings. The molecule has 3 atom stereocenters. The zero-order chi connectivity index (χ0) is 44.5. The fourth-order valence-electron chi connectivity index (χ4n) is 8.88. The number of carbonyl (C=O) groups excluding carboxylic acids is 1. The summed E-state index contributed by atoms with van der Waals surface area (Å²) in [6.07, 6.45) is 9.97. The van der Waals surface area contributed by atoms with Gasteiger partial charge in [-0.3, -0.25) is 19.6 Å². The van der Waals surface area contributed by atoms with Crippen molar-refractivity contribution in [1.29, 1.82) is 0 Å². The third-order valence-corrected chi connectivity index (χ3v) is 14.4. The average Bonchev–Trinajstić information content (AvgIpc) is 4.11. The highest BCUT2D eigenvalue weighted by molar-refractivity contribution is 7.19. The van der Waals surface area contributed by atoms with Crippen LogP contribution in [-0.4, -0.2) is 104 Å². The summed E-state index contributed by atoms with van der Waals surface area (Å²) in [5.41, 5.74) is 8.50. The minimum absolute atomic E-state index is 0.00815. The Kier molecular flexibility index (Phi) is 12.5. The molecular weight excluding hydrogens is 855 g/mol. The zero-order valence-corrected chi connectivity index (χ0v) is 37.4. The topological polar surface area (TPSA) is 217 Å². The molecule has 5 N–H and O–H groups in total. The number of fused-ring (bicyclic) bond motifs is 8. The molecule has 64 heavy (non-hydrogen) atoms. The van der Waals surface area contributed by atoms with Crippen LogP contribution in [0.3, 0.4) is 0 Å². The van der Waals surface area contributed by atoms with Crippen LogP contribution in [0.1, 0.15) is 69.8 Å². The van der Waals surface area contributed by atoms with E-state index in [1.54, 1.807) is 42.4 Å². The highest BCUT2D eigenvalue weighted by Crippen LogP contribution is 2.44. The second-order valence-electron chi connectivity index (χ2n) is 16.2. The van der Waals surface area contributed by atoms with E-state index in [1.165, 1.54) is 16.0 Å². The third kappa shape index (κ3) is 8.62. The van der Waals surface area contributed by atoms with Gasteiger partial charge < -0.3 is 40.3 Å². The molecule has 6 aromatic rings. The van der Waals surface area contributed by atoms with Gasteiger partial charge in [0.2, 0.25) is 5.91 Å². The second-order valence-corrected chi connectivity index (χ2v) is 18.4. The fraction of sp³-hybridized carbons (Fsp3) is 0.391. The number of anilines is 4. The number of nitrogens with zero attached hydrogens (tertiary/aromatic N) is 7. The summed E-state index contributed by atoms with van der Waals surface area (Å²) in [7, 11) is 1.67. The minimum Gasteiger partial charge on any atom is -0.492 e. The summed E-state index contributed by atoms with van der Waals surface area (Å²) in [5, 5.41) is 37.1. The maximum Gasteiger partial charge on any atom is 0.306 e. The van der Waals surface area contributed by atoms with Crippen LogP contribution in [0.25, 0.3) is 20.4 Å². The van der Waals surface area contributed by atoms with Crippen LogP contribution in [0.2, 0.25) is 0 Å². The number of rotatable bonds is 13. The molecule has 0 spiro atoms. The standard InChI is InChI=1S/C25H29N5O4S.C21H20N4O3S/c1-3-34-20-7-16-10-26-9-15(16)6-19(20)29-23-22-18-5-4-14(25(33)30(2)11-17(32)12-31)8-21(18)35-24(22)28-13-27-23;1-2-28-16-6-13-9-22-8-12(13)5-15(16)25-19-18-14-4-3-11(21(26)27)7-17(14)29-20(18)24-10-23-19/h6-7,9,13-14,17,31-32H,3-5,8,10-12H2,1-2H3,(H,27,28,29);5-6,8,10-11H,2-4,7,9H2,1H3,(H,26,27)(H,23,24,25). The molecule has 2 aromatic carbocycles. The summed E-state index contributed by atoms with van der Waals surface area (Å²) < 4.78 is 11.8. The smallest absolute Gasteiger partial charge is 0.306 e. The minimum atomic E-state index is -0.927. The Bertz CT molecular complexity index is 2820. The molecule has 0 saturated carbocycles. The highest BCUT2D eigenvalue weighted by atomic mass is 32.1. The van der Waals surface area contributed by atoms with E-state index in [-0.39, 0.29) is 30.9 Å². The molecule has 18 heteroatoms. The fourth-order valence-corrected chi connectivity index (χ4v) is 11.4. The molecule has 1 amide bonds. The Hall–Kier alpha value is -6.08. The van der Waals surface area contributed by atoms with Gasteiger partial charge in [0.05, 0.1) is 67.1 Å². The van der Waals surface area contributed by atoms with E-state index in [1.807, 2.05) is 44.5 Å². The van der Waals surface area contributed by atoms with Gasteiger partial charge in [-0.2, -0.15) is 0 Å². The number of thiophene rings is 2. The summed E-state index contributed by atoms with van der Waals surface area (Å²) >= 11 is 3.18. The van der Waals surface area contributed by atoms with Crippen LogP contribution in [0.15, 0.2) is 46.9 Å². The van der Waals surface area contributed by atoms with Gasteiger partial charge in [0.25, 0.3) is 0 Å². The summed E-state index contributed by atoms with van der Waals surface area (Å²) in [5.74, 6) is 1.81. The Morgan fingerprint density at radius 1 is 0.781 bits per heavy atom. The summed E-state index contributed by atoms with van der Waals surface area (Å²) in [6.45, 7) is 6.15. The van der Waals surface area contributed by atoms with E-state index in [0.29, 0.717) is 52.0 Å². The Labute approximate surface area is 377 Å². The van der Waals surface area contributed by atoms with Gasteiger partial charge in [0, 0.05) is 41.7 Å². The first kappa shape index (κ1) is 43.2. The van der Waals surface area contributed by atoms with Crippen LogP contribution in [0.5, 0.6) is 11.5 Å². The number of aryl methyl sites for hydroxylation is 2. The lowest BCUT2D eigenvalue weighted by Gasteiger charge is -2.27. The van der Waals surface area contributed by atoms with Crippen molar-refractivity contribution in [3.8, 4) is 11.5 Å². The lowest BCUT2D eigenvalue weighted by atomic mass is 9.87. The van der Waals surface area contributed by atoms with Gasteiger partial charge in [-0.05, 0) is 110 Å². The van der Waals surface area contributed by atoms with Crippen LogP contribution in [0.4, 0.5) is 23.0 Å². The number of aliphatic carboxylic acids is 1. The van der Waals surface area contributed by atoms with Crippen LogP contribution < -0.4 is 20.1 Å². The lowest BCUT2D eigenvalue weighted by Crippen LogP contribution is -2.40. The molecule has 332 valence electrons. The monoisotopic (exact) mass is 903 g/mol. The predicted octanol–water partition coefficient (Wildman–Crippen LogP) is 6.64. The Balaban J connectivity index is 0.000000165. The number of likely N-dealkylation sites (N-methyl/N-ethyl adjacent to an activating group) is 1. The number of nitrogens with one attached hydrogen (secondary N) is 2. The molecule has 2 aliphatic carbocycles. The van der Waals surface area contributed by atoms with E-state index in [0.717, 1.165) is 99.8 Å². The van der Waals surface area contributed by atoms with E-state index < -0.39 is 12.1 Å². The number of hydrogen-bond acceptors (Lipinski definition) is 16. The highest BCUT2D eigenvalue weighted by Gasteiger charge is 2.32. The van der Waals surface area contributed by atoms with Gasteiger partial charge in [-0.25, -0.2) is 19.9 Å². The molecule has 0 bridgehead atoms. The molecule has 3 unspecified atom stereocenters. The first-order valence-corrected chi connectivity index (χ1v) is 23.2. The molecule has 0 saturated heterocycles. The number of carboxylic acid groups (broad SMARTS) is 1. The first-order valence-electron chi connectivity index (χ1n) is 21.5. The molecular formula is C46H49N9O7S2. The number of carbonyl (C=O) groups is 2. The number of aromatic nitrogens is 4. The molecule has 6 heterocycles. The number of benzene rings is 2. The summed E-state index contributed by atoms with van der Waals surface area (Å²) in [6, 6.07) is 8.17. The van der Waals surface area contributed by atoms with Crippen molar-refractivity contribution in [2.24, 2.45) is 21.8 Å². The normalized spacial score (nSPS) is 17.2. The quantitative estimate of drug-likeness (QED) is 0.0823. The van der Waals surface area contributed by atoms with Crippen molar-refractivity contribution in [3.63, 3.8) is 0 Å². The summed E-state index contributed by atoms with van der Waals surface area (Å²) in [4.78, 5) is 56.7. The van der Waals surface area contributed by atoms with Crippen molar-refractivity contribution in [2.45, 2.75) is 71.6 Å². The molecule has 10 rings (SSSR count). The van der Waals surface area contributed by atoms with Crippen molar-refractivity contribution in [1.82, 2.24) is 24.8 Å². The second kappa shape index (κ2) is 18.6. The van der Waals surface area contributed by atoms with Gasteiger partial charge in [-0.1, -0.05) is 0 Å². The number of aliphatic imine (C=N–C) groups is 2. The van der Waals surface area contributed by atoms with Crippen LogP contribution in [0, 0.1) is 11.8 Å². The largest absolute Gasteiger partial charge is 0.492 e. The molecule has 2 aliphatic heterocycles. The van der Waals surface area contributed by atoms with E-state index in [4.69, 9.17) is 14.6 Å². The van der Waals surface area contributed by atoms with Crippen molar-refractivity contribution < 1.29 is 34.4 Å². The number of ether oxygens (including phenoxy) is 2. The number of amides is 1. The number of carboxylic acids is 1. The SMILES string of the molecule is CCOc1cc2c(cc1Nc1ncnc3sc4c(c13)CCC(C(=O)N(C)CC(O)CO)C4)C=NC2.CCOc1cc2c(cc1Nc1ncnc3sc4c(c13)CCC(C(=O)O)C4)C=NC2. The molecule has 4 aromatic heterocycles. The van der Waals surface area contributed by atoms with Crippen LogP contribution in [-0.2, 0) is 48.4 Å². The molecule has 0 radical (unpaired) electrons. The molecule has 4 aliphatic rings. The number of aliphatic hydroxyl groups is 2. The third-order valence-electron chi connectivity index (χ3n) is 12.0. The predicted molar refractivity (Wildman–Crippen MR) is 249 cm³/mol. The maximum atomic E-state index is 12.9. The van der Waals surface area contributed by atoms with Gasteiger partial charge in [-0.15, -0.1) is 22.7 Å². The van der Waals surface area contributed by atoms with E-state index in [2.05, 4.69) is 46.6 Å². The molecule has 16 nitrogen and oxygen atoms in total. The van der Waals surface area contributed by atoms with Gasteiger partial charge in [0.1, 0.15) is 45.5 Å². The first-order chi connectivity index (χ1) is 31.1. The zero-order valence-electron chi connectivity index (χ0n) is 35.8. The van der Waals surface area contributed by atoms with Gasteiger partial charge in [0.15, 0.2) is 0 Å². The van der Waals surface area contributed by atoms with Crippen molar-refractivity contribution in [2.75, 3.05) is 44.0 Å². The number of aliphatic hydroxyl groups excluding tert-OH is 2. The van der Waals surface area contributed by atoms with Crippen molar-refractivity contribution >= 4 is 90.4 Å². The Morgan fingerprint density at radius 2 is 1.28 bits per heavy atom. The lowest BCUT2D eigenvalue weighted by molar-refractivity contribution is -0.142. The van der Waals surface area contributed by atoms with E-state index >= 15 is 0 Å². The van der Waals surface area contributed by atoms with E-state index in [9.17, 15) is 19.8 Å². The van der Waals surface area contributed by atoms with Crippen LogP contribution >= 0.6 is 22.7 Å². The van der Waals surface area contributed by atoms with Gasteiger partial charge >= 0.3 is 5.97 Å². The number of hydrogen-bond donors (Lipinski definition) is 5. The average molecular weight is 904 g/mol. The maximum absolute atomic E-state index is 12.9.